The van der Waals surface area contributed by atoms with Gasteiger partial charge >= 0.3 is 0 Å². The van der Waals surface area contributed by atoms with Gasteiger partial charge in [0.25, 0.3) is 0 Å². The molecule has 0 radical (unpaired) electrons. The van der Waals surface area contributed by atoms with Crippen molar-refractivity contribution in [3.63, 3.8) is 0 Å². The lowest BCUT2D eigenvalue weighted by molar-refractivity contribution is 0.597. The van der Waals surface area contributed by atoms with Crippen molar-refractivity contribution in [2.24, 2.45) is 0 Å². The fourth-order valence-electron chi connectivity index (χ4n) is 1.68. The van der Waals surface area contributed by atoms with Crippen molar-refractivity contribution in [2.45, 2.75) is 5.75 Å². The van der Waals surface area contributed by atoms with E-state index in [0.717, 1.165) is 0 Å². The van der Waals surface area contributed by atoms with Gasteiger partial charge in [0.15, 0.2) is 0 Å². The maximum absolute atomic E-state index is 13.6. The van der Waals surface area contributed by atoms with E-state index in [2.05, 4.69) is 20.7 Å². The number of nitrogens with one attached hydrogen (secondary N) is 1. The Balaban J connectivity index is 2.21. The normalized spacial score (nSPS) is 10.9. The Bertz CT molecular complexity index is 778. The SMILES string of the molecule is N#Cc1ccc(CS(=O)(=O)Nc2c(F)cccc2Br)cc1. The van der Waals surface area contributed by atoms with Gasteiger partial charge < -0.3 is 0 Å². The molecule has 0 atom stereocenters. The molecule has 4 nitrogen and oxygen atoms in total. The number of anilines is 1. The molecule has 21 heavy (non-hydrogen) atoms. The zero-order valence-corrected chi connectivity index (χ0v) is 13.1. The molecule has 0 amide bonds. The summed E-state index contributed by atoms with van der Waals surface area (Å²) in [6.07, 6.45) is 0. The molecule has 2 rings (SSSR count). The molecule has 1 N–H and O–H groups in total. The van der Waals surface area contributed by atoms with Gasteiger partial charge in [0.1, 0.15) is 5.82 Å². The summed E-state index contributed by atoms with van der Waals surface area (Å²) >= 11 is 3.10. The molecule has 0 heterocycles. The molecular formula is C14H10BrFN2O2S. The zero-order valence-electron chi connectivity index (χ0n) is 10.7. The average molecular weight is 369 g/mol. The average Bonchev–Trinajstić information content (AvgIpc) is 2.43. The van der Waals surface area contributed by atoms with Gasteiger partial charge in [-0.25, -0.2) is 12.8 Å². The van der Waals surface area contributed by atoms with Crippen LogP contribution in [0, 0.1) is 17.1 Å². The second kappa shape index (κ2) is 6.24. The van der Waals surface area contributed by atoms with Crippen molar-refractivity contribution in [2.75, 3.05) is 4.72 Å². The summed E-state index contributed by atoms with van der Waals surface area (Å²) in [4.78, 5) is 0. The molecule has 0 aliphatic rings. The van der Waals surface area contributed by atoms with Crippen molar-refractivity contribution < 1.29 is 12.8 Å². The molecule has 0 aliphatic carbocycles. The molecule has 0 unspecified atom stereocenters. The predicted octanol–water partition coefficient (Wildman–Crippen LogP) is 3.40. The van der Waals surface area contributed by atoms with Gasteiger partial charge in [0.2, 0.25) is 10.0 Å². The van der Waals surface area contributed by atoms with Gasteiger partial charge in [0.05, 0.1) is 23.1 Å². The first-order valence-electron chi connectivity index (χ1n) is 5.85. The van der Waals surface area contributed by atoms with Crippen LogP contribution in [0.5, 0.6) is 0 Å². The summed E-state index contributed by atoms with van der Waals surface area (Å²) in [6, 6.07) is 12.3. The first-order chi connectivity index (χ1) is 9.91. The third kappa shape index (κ3) is 4.03. The van der Waals surface area contributed by atoms with Gasteiger partial charge in [0, 0.05) is 4.47 Å². The summed E-state index contributed by atoms with van der Waals surface area (Å²) in [6.45, 7) is 0. The third-order valence-corrected chi connectivity index (χ3v) is 4.55. The van der Waals surface area contributed by atoms with E-state index in [-0.39, 0.29) is 11.4 Å². The van der Waals surface area contributed by atoms with E-state index in [0.29, 0.717) is 15.6 Å². The molecule has 108 valence electrons. The Kier molecular flexibility index (Phi) is 4.60. The number of nitrogens with zero attached hydrogens (tertiary/aromatic N) is 1. The van der Waals surface area contributed by atoms with E-state index in [4.69, 9.17) is 5.26 Å². The zero-order chi connectivity index (χ0) is 15.5. The first kappa shape index (κ1) is 15.5. The largest absolute Gasteiger partial charge is 0.279 e. The quantitative estimate of drug-likeness (QED) is 0.898. The van der Waals surface area contributed by atoms with Crippen LogP contribution in [-0.4, -0.2) is 8.42 Å². The number of halogens is 2. The molecule has 0 aromatic heterocycles. The Hall–Kier alpha value is -1.91. The summed E-state index contributed by atoms with van der Waals surface area (Å²) in [7, 11) is -3.76. The predicted molar refractivity (Wildman–Crippen MR) is 81.5 cm³/mol. The van der Waals surface area contributed by atoms with Crippen LogP contribution in [-0.2, 0) is 15.8 Å². The minimum absolute atomic E-state index is 0.119. The van der Waals surface area contributed by atoms with Gasteiger partial charge in [-0.05, 0) is 45.8 Å². The van der Waals surface area contributed by atoms with Gasteiger partial charge in [-0.1, -0.05) is 18.2 Å². The number of hydrogen-bond donors (Lipinski definition) is 1. The molecule has 0 saturated carbocycles. The van der Waals surface area contributed by atoms with Crippen LogP contribution in [0.4, 0.5) is 10.1 Å². The lowest BCUT2D eigenvalue weighted by Crippen LogP contribution is -2.16. The van der Waals surface area contributed by atoms with E-state index in [1.165, 1.54) is 24.3 Å². The molecule has 0 aliphatic heterocycles. The molecular weight excluding hydrogens is 359 g/mol. The van der Waals surface area contributed by atoms with Crippen molar-refractivity contribution in [1.29, 1.82) is 5.26 Å². The minimum atomic E-state index is -3.76. The fraction of sp³-hybridized carbons (Fsp3) is 0.0714. The Labute approximate surface area is 130 Å². The number of rotatable bonds is 4. The highest BCUT2D eigenvalue weighted by molar-refractivity contribution is 9.10. The van der Waals surface area contributed by atoms with Crippen LogP contribution in [0.15, 0.2) is 46.9 Å². The standard InChI is InChI=1S/C14H10BrFN2O2S/c15-12-2-1-3-13(16)14(12)18-21(19,20)9-11-6-4-10(8-17)5-7-11/h1-7,18H,9H2. The van der Waals surface area contributed by atoms with Crippen LogP contribution < -0.4 is 4.72 Å². The van der Waals surface area contributed by atoms with E-state index >= 15 is 0 Å². The number of sulfonamides is 1. The Morgan fingerprint density at radius 2 is 1.86 bits per heavy atom. The minimum Gasteiger partial charge on any atom is -0.279 e. The molecule has 2 aromatic rings. The van der Waals surface area contributed by atoms with Crippen molar-refractivity contribution in [3.8, 4) is 6.07 Å². The van der Waals surface area contributed by atoms with Gasteiger partial charge in [-0.15, -0.1) is 0 Å². The lowest BCUT2D eigenvalue weighted by atomic mass is 10.2. The maximum atomic E-state index is 13.6. The molecule has 0 spiro atoms. The molecule has 0 fully saturated rings. The Morgan fingerprint density at radius 3 is 2.43 bits per heavy atom. The molecule has 7 heteroatoms. The van der Waals surface area contributed by atoms with Gasteiger partial charge in [-0.2, -0.15) is 5.26 Å². The van der Waals surface area contributed by atoms with E-state index in [9.17, 15) is 12.8 Å². The number of para-hydroxylation sites is 1. The van der Waals surface area contributed by atoms with Gasteiger partial charge in [-0.3, -0.25) is 4.72 Å². The first-order valence-corrected chi connectivity index (χ1v) is 8.29. The number of hydrogen-bond acceptors (Lipinski definition) is 3. The third-order valence-electron chi connectivity index (χ3n) is 2.66. The monoisotopic (exact) mass is 368 g/mol. The summed E-state index contributed by atoms with van der Waals surface area (Å²) < 4.78 is 40.3. The van der Waals surface area contributed by atoms with Crippen LogP contribution >= 0.6 is 15.9 Å². The number of nitriles is 1. The van der Waals surface area contributed by atoms with Crippen LogP contribution in [0.2, 0.25) is 0 Å². The van der Waals surface area contributed by atoms with Crippen molar-refractivity contribution in [1.82, 2.24) is 0 Å². The van der Waals surface area contributed by atoms with Crippen molar-refractivity contribution in [3.05, 3.63) is 63.9 Å². The summed E-state index contributed by atoms with van der Waals surface area (Å²) in [5.41, 5.74) is 0.834. The lowest BCUT2D eigenvalue weighted by Gasteiger charge is -2.10. The smallest absolute Gasteiger partial charge is 0.237 e. The highest BCUT2D eigenvalue weighted by Gasteiger charge is 2.16. The highest BCUT2D eigenvalue weighted by atomic mass is 79.9. The maximum Gasteiger partial charge on any atom is 0.237 e. The van der Waals surface area contributed by atoms with Crippen molar-refractivity contribution >= 4 is 31.6 Å². The van der Waals surface area contributed by atoms with Crippen LogP contribution in [0.25, 0.3) is 0 Å². The highest BCUT2D eigenvalue weighted by Crippen LogP contribution is 2.26. The molecule has 0 saturated heterocycles. The second-order valence-corrected chi connectivity index (χ2v) is 6.84. The Morgan fingerprint density at radius 1 is 1.19 bits per heavy atom. The summed E-state index contributed by atoms with van der Waals surface area (Å²) in [5, 5.41) is 8.69. The van der Waals surface area contributed by atoms with E-state index < -0.39 is 15.8 Å². The number of benzene rings is 2. The topological polar surface area (TPSA) is 70.0 Å². The van der Waals surface area contributed by atoms with E-state index in [1.807, 2.05) is 6.07 Å². The van der Waals surface area contributed by atoms with E-state index in [1.54, 1.807) is 18.2 Å². The fourth-order valence-corrected chi connectivity index (χ4v) is 3.48. The summed E-state index contributed by atoms with van der Waals surface area (Å²) in [5.74, 6) is -0.966. The van der Waals surface area contributed by atoms with Crippen LogP contribution in [0.1, 0.15) is 11.1 Å². The molecule has 2 aromatic carbocycles. The second-order valence-electron chi connectivity index (χ2n) is 4.27. The molecule has 0 bridgehead atoms. The van der Waals surface area contributed by atoms with Crippen LogP contribution in [0.3, 0.4) is 0 Å².